The molecule has 0 radical (unpaired) electrons. The van der Waals surface area contributed by atoms with Crippen molar-refractivity contribution < 1.29 is 18.0 Å². The summed E-state index contributed by atoms with van der Waals surface area (Å²) < 4.78 is 40.3. The Morgan fingerprint density at radius 1 is 1.27 bits per heavy atom. The summed E-state index contributed by atoms with van der Waals surface area (Å²) in [6, 6.07) is 2.76. The summed E-state index contributed by atoms with van der Waals surface area (Å²) in [5.74, 6) is 0.480. The van der Waals surface area contributed by atoms with E-state index in [1.54, 1.807) is 25.1 Å². The second-order valence-electron chi connectivity index (χ2n) is 7.94. The van der Waals surface area contributed by atoms with Crippen LogP contribution in [-0.2, 0) is 18.0 Å². The molecule has 0 spiro atoms. The predicted molar refractivity (Wildman–Crippen MR) is 109 cm³/mol. The lowest BCUT2D eigenvalue weighted by atomic mass is 9.83. The molecular formula is C20H25ClF3N5O. The Labute approximate surface area is 178 Å². The van der Waals surface area contributed by atoms with Crippen LogP contribution in [0.4, 0.5) is 18.9 Å². The predicted octanol–water partition coefficient (Wildman–Crippen LogP) is 4.60. The Balaban J connectivity index is 1.74. The number of alkyl halides is 3. The standard InChI is InChI=1S/C20H25ClF3N5O/c1-28(2)19(30)8-12-4-6-13(7-5-12)26-15-10-18(21)25-11-14(15)16-9-17(20(22,23)24)29(3)27-16/h9-13H,4-8H2,1-3H3,(H,25,26). The van der Waals surface area contributed by atoms with Crippen molar-refractivity contribution in [3.8, 4) is 11.3 Å². The molecule has 2 aromatic rings. The van der Waals surface area contributed by atoms with Gasteiger partial charge in [0, 0.05) is 51.1 Å². The van der Waals surface area contributed by atoms with Gasteiger partial charge in [-0.25, -0.2) is 4.98 Å². The van der Waals surface area contributed by atoms with E-state index in [4.69, 9.17) is 11.6 Å². The lowest BCUT2D eigenvalue weighted by Gasteiger charge is -2.30. The minimum atomic E-state index is -4.49. The van der Waals surface area contributed by atoms with Crippen molar-refractivity contribution in [2.24, 2.45) is 13.0 Å². The maximum atomic E-state index is 13.2. The van der Waals surface area contributed by atoms with Gasteiger partial charge in [-0.2, -0.15) is 18.3 Å². The third kappa shape index (κ3) is 5.24. The van der Waals surface area contributed by atoms with Crippen LogP contribution in [0, 0.1) is 5.92 Å². The van der Waals surface area contributed by atoms with Gasteiger partial charge in [-0.15, -0.1) is 0 Å². The summed E-state index contributed by atoms with van der Waals surface area (Å²) in [6.07, 6.45) is 1.03. The van der Waals surface area contributed by atoms with Gasteiger partial charge >= 0.3 is 6.18 Å². The third-order valence-corrected chi connectivity index (χ3v) is 5.69. The number of hydrogen-bond acceptors (Lipinski definition) is 4. The number of pyridine rings is 1. The monoisotopic (exact) mass is 443 g/mol. The highest BCUT2D eigenvalue weighted by Gasteiger charge is 2.35. The van der Waals surface area contributed by atoms with Gasteiger partial charge in [0.05, 0.1) is 5.69 Å². The fourth-order valence-electron chi connectivity index (χ4n) is 3.78. The zero-order chi connectivity index (χ0) is 22.1. The Bertz CT molecular complexity index is 904. The highest BCUT2D eigenvalue weighted by Crippen LogP contribution is 2.36. The average molecular weight is 444 g/mol. The van der Waals surface area contributed by atoms with Crippen molar-refractivity contribution in [1.29, 1.82) is 0 Å². The van der Waals surface area contributed by atoms with Gasteiger partial charge in [0.2, 0.25) is 5.91 Å². The maximum Gasteiger partial charge on any atom is 0.433 e. The molecule has 0 bridgehead atoms. The van der Waals surface area contributed by atoms with Crippen LogP contribution in [0.15, 0.2) is 18.3 Å². The first kappa shape index (κ1) is 22.4. The molecule has 1 saturated carbocycles. The van der Waals surface area contributed by atoms with Gasteiger partial charge in [0.1, 0.15) is 10.8 Å². The van der Waals surface area contributed by atoms with E-state index in [1.165, 1.54) is 13.2 Å². The van der Waals surface area contributed by atoms with Gasteiger partial charge in [-0.3, -0.25) is 9.48 Å². The van der Waals surface area contributed by atoms with Crippen molar-refractivity contribution in [3.63, 3.8) is 0 Å². The highest BCUT2D eigenvalue weighted by molar-refractivity contribution is 6.29. The molecule has 2 heterocycles. The molecule has 30 heavy (non-hydrogen) atoms. The van der Waals surface area contributed by atoms with E-state index in [1.807, 2.05) is 0 Å². The van der Waals surface area contributed by atoms with Gasteiger partial charge < -0.3 is 10.2 Å². The maximum absolute atomic E-state index is 13.2. The molecule has 1 aliphatic carbocycles. The molecule has 0 atom stereocenters. The second kappa shape index (κ2) is 8.83. The number of nitrogens with one attached hydrogen (secondary N) is 1. The molecule has 0 aromatic carbocycles. The van der Waals surface area contributed by atoms with Gasteiger partial charge in [-0.1, -0.05) is 11.6 Å². The van der Waals surface area contributed by atoms with E-state index >= 15 is 0 Å². The first-order valence-corrected chi connectivity index (χ1v) is 10.2. The summed E-state index contributed by atoms with van der Waals surface area (Å²) in [7, 11) is 4.77. The Morgan fingerprint density at radius 2 is 1.93 bits per heavy atom. The Morgan fingerprint density at radius 3 is 2.50 bits per heavy atom. The van der Waals surface area contributed by atoms with Gasteiger partial charge in [0.25, 0.3) is 0 Å². The number of anilines is 1. The summed E-state index contributed by atoms with van der Waals surface area (Å²) in [5.41, 5.74) is 0.427. The number of aryl methyl sites for hydroxylation is 1. The lowest BCUT2D eigenvalue weighted by Crippen LogP contribution is -2.30. The van der Waals surface area contributed by atoms with Gasteiger partial charge in [-0.05, 0) is 43.7 Å². The molecule has 10 heteroatoms. The fraction of sp³-hybridized carbons (Fsp3) is 0.550. The topological polar surface area (TPSA) is 63.1 Å². The molecule has 1 fully saturated rings. The number of carbonyl (C=O) groups is 1. The van der Waals surface area contributed by atoms with E-state index in [-0.39, 0.29) is 22.8 Å². The summed E-state index contributed by atoms with van der Waals surface area (Å²) in [6.45, 7) is 0. The van der Waals surface area contributed by atoms with Crippen molar-refractivity contribution in [3.05, 3.63) is 29.2 Å². The van der Waals surface area contributed by atoms with E-state index < -0.39 is 11.9 Å². The van der Waals surface area contributed by atoms with Crippen LogP contribution in [-0.4, -0.2) is 45.7 Å². The normalized spacial score (nSPS) is 19.6. The molecule has 1 N–H and O–H groups in total. The number of hydrogen-bond donors (Lipinski definition) is 1. The third-order valence-electron chi connectivity index (χ3n) is 5.49. The zero-order valence-corrected chi connectivity index (χ0v) is 17.9. The number of halogens is 4. The molecular weight excluding hydrogens is 419 g/mol. The minimum absolute atomic E-state index is 0.130. The number of carbonyl (C=O) groups excluding carboxylic acids is 1. The molecule has 0 aliphatic heterocycles. The van der Waals surface area contributed by atoms with Crippen LogP contribution < -0.4 is 5.32 Å². The quantitative estimate of drug-likeness (QED) is 0.686. The molecule has 3 rings (SSSR count). The lowest BCUT2D eigenvalue weighted by molar-refractivity contribution is -0.143. The van der Waals surface area contributed by atoms with Crippen LogP contribution in [0.2, 0.25) is 5.15 Å². The summed E-state index contributed by atoms with van der Waals surface area (Å²) in [5, 5.41) is 7.67. The second-order valence-corrected chi connectivity index (χ2v) is 8.33. The molecule has 6 nitrogen and oxygen atoms in total. The van der Waals surface area contributed by atoms with Crippen LogP contribution in [0.1, 0.15) is 37.8 Å². The SMILES string of the molecule is CN(C)C(=O)CC1CCC(Nc2cc(Cl)ncc2-c2cc(C(F)(F)F)n(C)n2)CC1. The van der Waals surface area contributed by atoms with Crippen LogP contribution in [0.25, 0.3) is 11.3 Å². The molecule has 1 aliphatic rings. The fourth-order valence-corrected chi connectivity index (χ4v) is 3.94. The van der Waals surface area contributed by atoms with E-state index in [2.05, 4.69) is 15.4 Å². The van der Waals surface area contributed by atoms with E-state index in [9.17, 15) is 18.0 Å². The first-order chi connectivity index (χ1) is 14.0. The number of nitrogens with zero attached hydrogens (tertiary/aromatic N) is 4. The van der Waals surface area contributed by atoms with E-state index in [0.717, 1.165) is 36.4 Å². The molecule has 2 aromatic heterocycles. The number of amides is 1. The summed E-state index contributed by atoms with van der Waals surface area (Å²) >= 11 is 6.04. The highest BCUT2D eigenvalue weighted by atomic mass is 35.5. The molecule has 0 unspecified atom stereocenters. The summed E-state index contributed by atoms with van der Waals surface area (Å²) in [4.78, 5) is 17.6. The van der Waals surface area contributed by atoms with Crippen LogP contribution in [0.3, 0.4) is 0 Å². The Kier molecular flexibility index (Phi) is 6.59. The average Bonchev–Trinajstić information content (AvgIpc) is 3.05. The smallest absolute Gasteiger partial charge is 0.382 e. The van der Waals surface area contributed by atoms with E-state index in [0.29, 0.717) is 23.6 Å². The largest absolute Gasteiger partial charge is 0.433 e. The van der Waals surface area contributed by atoms with Gasteiger partial charge in [0.15, 0.2) is 0 Å². The molecule has 164 valence electrons. The Hall–Kier alpha value is -2.29. The van der Waals surface area contributed by atoms with Crippen molar-refractivity contribution in [2.45, 2.75) is 44.3 Å². The van der Waals surface area contributed by atoms with Crippen LogP contribution in [0.5, 0.6) is 0 Å². The van der Waals surface area contributed by atoms with Crippen molar-refractivity contribution >= 4 is 23.2 Å². The molecule has 0 saturated heterocycles. The number of aromatic nitrogens is 3. The first-order valence-electron chi connectivity index (χ1n) is 9.78. The van der Waals surface area contributed by atoms with Crippen molar-refractivity contribution in [1.82, 2.24) is 19.7 Å². The minimum Gasteiger partial charge on any atom is -0.382 e. The number of rotatable bonds is 5. The van der Waals surface area contributed by atoms with Crippen molar-refractivity contribution in [2.75, 3.05) is 19.4 Å². The molecule has 1 amide bonds. The zero-order valence-electron chi connectivity index (χ0n) is 17.1. The van der Waals surface area contributed by atoms with Crippen LogP contribution >= 0.6 is 11.6 Å².